The van der Waals surface area contributed by atoms with Gasteiger partial charge in [-0.1, -0.05) is 97.1 Å². The van der Waals surface area contributed by atoms with Crippen molar-refractivity contribution in [2.75, 3.05) is 20.3 Å². The predicted octanol–water partition coefficient (Wildman–Crippen LogP) is 5.62. The molecule has 3 atom stereocenters. The van der Waals surface area contributed by atoms with E-state index < -0.39 is 0 Å². The zero-order chi connectivity index (χ0) is 25.5. The summed E-state index contributed by atoms with van der Waals surface area (Å²) >= 11 is 0. The molecule has 3 N–H and O–H groups in total. The van der Waals surface area contributed by atoms with Crippen LogP contribution in [-0.2, 0) is 6.54 Å². The largest absolute Gasteiger partial charge is 0.496 e. The van der Waals surface area contributed by atoms with Crippen LogP contribution in [0.1, 0.15) is 29.0 Å². The standard InChI is InChI=1S/C33H36N2O2/c1-37-30-18-17-27(24-11-5-2-6-12-24)21-29(30)23-34-32-28(19-20-36)22-35-33(32)31(25-13-7-3-8-14-25)26-15-9-4-10-16-26/h2-18,21,28,31-36H,19-20,22-23H2,1H3. The number of methoxy groups -OCH3 is 1. The molecule has 1 aliphatic rings. The third-order valence-electron chi connectivity index (χ3n) is 7.60. The van der Waals surface area contributed by atoms with E-state index in [0.717, 1.165) is 24.3 Å². The average Bonchev–Trinajstić information content (AvgIpc) is 3.35. The van der Waals surface area contributed by atoms with E-state index >= 15 is 0 Å². The van der Waals surface area contributed by atoms with Crippen molar-refractivity contribution in [1.82, 2.24) is 10.6 Å². The molecule has 4 heteroatoms. The Labute approximate surface area is 220 Å². The second kappa shape index (κ2) is 12.2. The van der Waals surface area contributed by atoms with Gasteiger partial charge in [-0.3, -0.25) is 0 Å². The van der Waals surface area contributed by atoms with E-state index in [4.69, 9.17) is 4.74 Å². The number of aliphatic hydroxyl groups is 1. The fourth-order valence-electron chi connectivity index (χ4n) is 5.78. The summed E-state index contributed by atoms with van der Waals surface area (Å²) in [5, 5.41) is 17.6. The first-order valence-corrected chi connectivity index (χ1v) is 13.2. The number of rotatable bonds is 10. The van der Waals surface area contributed by atoms with Gasteiger partial charge in [0.25, 0.3) is 0 Å². The molecule has 4 aromatic rings. The lowest BCUT2D eigenvalue weighted by Gasteiger charge is -2.32. The minimum Gasteiger partial charge on any atom is -0.496 e. The van der Waals surface area contributed by atoms with Crippen LogP contribution in [0.2, 0.25) is 0 Å². The van der Waals surface area contributed by atoms with Crippen molar-refractivity contribution in [3.05, 3.63) is 126 Å². The van der Waals surface area contributed by atoms with Crippen molar-refractivity contribution < 1.29 is 9.84 Å². The Balaban J connectivity index is 1.45. The highest BCUT2D eigenvalue weighted by Gasteiger charge is 2.40. The highest BCUT2D eigenvalue weighted by atomic mass is 16.5. The number of nitrogens with one attached hydrogen (secondary N) is 2. The van der Waals surface area contributed by atoms with Crippen molar-refractivity contribution in [2.24, 2.45) is 5.92 Å². The summed E-state index contributed by atoms with van der Waals surface area (Å²) in [6, 6.07) is 38.7. The van der Waals surface area contributed by atoms with Crippen LogP contribution in [0.5, 0.6) is 5.75 Å². The van der Waals surface area contributed by atoms with Crippen LogP contribution in [0.3, 0.4) is 0 Å². The number of aliphatic hydroxyl groups excluding tert-OH is 1. The van der Waals surface area contributed by atoms with Crippen molar-refractivity contribution in [3.63, 3.8) is 0 Å². The van der Waals surface area contributed by atoms with Gasteiger partial charge >= 0.3 is 0 Å². The average molecular weight is 493 g/mol. The normalized spacial score (nSPS) is 19.3. The lowest BCUT2D eigenvalue weighted by atomic mass is 9.80. The number of benzene rings is 4. The maximum atomic E-state index is 9.86. The zero-order valence-electron chi connectivity index (χ0n) is 21.4. The first-order valence-electron chi connectivity index (χ1n) is 13.2. The van der Waals surface area contributed by atoms with Gasteiger partial charge in [0, 0.05) is 36.7 Å². The Hall–Kier alpha value is -3.44. The van der Waals surface area contributed by atoms with Gasteiger partial charge in [-0.25, -0.2) is 0 Å². The quantitative estimate of drug-likeness (QED) is 0.269. The summed E-state index contributed by atoms with van der Waals surface area (Å²) < 4.78 is 5.74. The van der Waals surface area contributed by atoms with Crippen LogP contribution < -0.4 is 15.4 Å². The van der Waals surface area contributed by atoms with Crippen LogP contribution in [0.4, 0.5) is 0 Å². The molecule has 0 radical (unpaired) electrons. The van der Waals surface area contributed by atoms with E-state index in [1.807, 2.05) is 6.07 Å². The Morgan fingerprint density at radius 3 is 2.05 bits per heavy atom. The monoisotopic (exact) mass is 492 g/mol. The number of hydrogen-bond acceptors (Lipinski definition) is 4. The summed E-state index contributed by atoms with van der Waals surface area (Å²) in [7, 11) is 1.73. The van der Waals surface area contributed by atoms with Gasteiger partial charge in [-0.2, -0.15) is 0 Å². The molecule has 0 aromatic heterocycles. The van der Waals surface area contributed by atoms with Crippen LogP contribution in [0, 0.1) is 5.92 Å². The molecule has 0 amide bonds. The van der Waals surface area contributed by atoms with Gasteiger partial charge in [0.05, 0.1) is 7.11 Å². The van der Waals surface area contributed by atoms with Gasteiger partial charge in [0.1, 0.15) is 5.75 Å². The van der Waals surface area contributed by atoms with Crippen LogP contribution in [0.15, 0.2) is 109 Å². The molecule has 0 bridgehead atoms. The minimum atomic E-state index is 0.183. The summed E-state index contributed by atoms with van der Waals surface area (Å²) in [6.45, 7) is 1.75. The Kier molecular flexibility index (Phi) is 8.32. The second-order valence-electron chi connectivity index (χ2n) is 9.80. The fourth-order valence-corrected chi connectivity index (χ4v) is 5.78. The van der Waals surface area contributed by atoms with E-state index in [9.17, 15) is 5.11 Å². The van der Waals surface area contributed by atoms with Crippen molar-refractivity contribution in [2.45, 2.75) is 31.0 Å². The lowest BCUT2D eigenvalue weighted by molar-refractivity contribution is 0.241. The summed E-state index contributed by atoms with van der Waals surface area (Å²) in [5.41, 5.74) is 6.10. The van der Waals surface area contributed by atoms with Gasteiger partial charge in [0.2, 0.25) is 0 Å². The number of ether oxygens (including phenoxy) is 1. The van der Waals surface area contributed by atoms with Crippen LogP contribution >= 0.6 is 0 Å². The smallest absolute Gasteiger partial charge is 0.123 e. The lowest BCUT2D eigenvalue weighted by Crippen LogP contribution is -2.46. The van der Waals surface area contributed by atoms with Crippen molar-refractivity contribution in [1.29, 1.82) is 0 Å². The van der Waals surface area contributed by atoms with Crippen molar-refractivity contribution in [3.8, 4) is 16.9 Å². The molecular weight excluding hydrogens is 456 g/mol. The Morgan fingerprint density at radius 1 is 0.838 bits per heavy atom. The molecule has 5 rings (SSSR count). The molecular formula is C33H36N2O2. The van der Waals surface area contributed by atoms with Gasteiger partial charge in [-0.15, -0.1) is 0 Å². The first-order chi connectivity index (χ1) is 18.3. The molecule has 4 aromatic carbocycles. The van der Waals surface area contributed by atoms with Crippen LogP contribution in [-0.4, -0.2) is 37.5 Å². The SMILES string of the molecule is COc1ccc(-c2ccccc2)cc1CNC1C(CCO)CNC1C(c1ccccc1)c1ccccc1. The Morgan fingerprint density at radius 2 is 1.46 bits per heavy atom. The van der Waals surface area contributed by atoms with Gasteiger partial charge in [-0.05, 0) is 53.3 Å². The summed E-state index contributed by atoms with van der Waals surface area (Å²) in [6.07, 6.45) is 0.763. The third kappa shape index (κ3) is 5.78. The summed E-state index contributed by atoms with van der Waals surface area (Å²) in [5.74, 6) is 1.41. The molecule has 0 spiro atoms. The molecule has 1 fully saturated rings. The first kappa shape index (κ1) is 25.2. The second-order valence-corrected chi connectivity index (χ2v) is 9.80. The van der Waals surface area contributed by atoms with E-state index in [0.29, 0.717) is 12.5 Å². The summed E-state index contributed by atoms with van der Waals surface area (Å²) in [4.78, 5) is 0. The third-order valence-corrected chi connectivity index (χ3v) is 7.60. The highest BCUT2D eigenvalue weighted by molar-refractivity contribution is 5.65. The minimum absolute atomic E-state index is 0.183. The topological polar surface area (TPSA) is 53.5 Å². The van der Waals surface area contributed by atoms with E-state index in [1.165, 1.54) is 22.3 Å². The molecule has 1 saturated heterocycles. The van der Waals surface area contributed by atoms with E-state index in [1.54, 1.807) is 7.11 Å². The molecule has 3 unspecified atom stereocenters. The Bertz CT molecular complexity index is 1210. The number of hydrogen-bond donors (Lipinski definition) is 3. The molecule has 4 nitrogen and oxygen atoms in total. The molecule has 190 valence electrons. The van der Waals surface area contributed by atoms with Crippen molar-refractivity contribution >= 4 is 0 Å². The maximum Gasteiger partial charge on any atom is 0.123 e. The molecule has 1 heterocycles. The molecule has 0 saturated carbocycles. The fraction of sp³-hybridized carbons (Fsp3) is 0.273. The highest BCUT2D eigenvalue weighted by Crippen LogP contribution is 2.35. The van der Waals surface area contributed by atoms with Gasteiger partial charge < -0.3 is 20.5 Å². The molecule has 1 aliphatic heterocycles. The van der Waals surface area contributed by atoms with Crippen LogP contribution in [0.25, 0.3) is 11.1 Å². The predicted molar refractivity (Wildman–Crippen MR) is 151 cm³/mol. The maximum absolute atomic E-state index is 9.86. The molecule has 0 aliphatic carbocycles. The van der Waals surface area contributed by atoms with E-state index in [2.05, 4.69) is 114 Å². The van der Waals surface area contributed by atoms with Gasteiger partial charge in [0.15, 0.2) is 0 Å². The molecule has 37 heavy (non-hydrogen) atoms. The van der Waals surface area contributed by atoms with E-state index in [-0.39, 0.29) is 24.6 Å². The zero-order valence-corrected chi connectivity index (χ0v) is 21.4.